The molecule has 0 aliphatic carbocycles. The fourth-order valence-corrected chi connectivity index (χ4v) is 0. The molecule has 0 unspecified atom stereocenters. The normalized spacial score (nSPS) is 0. The van der Waals surface area contributed by atoms with Crippen molar-refractivity contribution < 1.29 is 42.3 Å². The Morgan fingerprint density at radius 1 is 0.333 bits per heavy atom. The van der Waals surface area contributed by atoms with E-state index in [4.69, 9.17) is 0 Å². The molecule has 0 nitrogen and oxygen atoms in total. The maximum atomic E-state index is 0. The summed E-state index contributed by atoms with van der Waals surface area (Å²) < 4.78 is 0. The molecule has 72 valence electrons. The van der Waals surface area contributed by atoms with Gasteiger partial charge in [0.05, 0.1) is 0 Å². The Hall–Kier alpha value is 1.41. The van der Waals surface area contributed by atoms with Crippen LogP contribution in [-0.2, 0) is 0 Å². The van der Waals surface area contributed by atoms with E-state index in [0.29, 0.717) is 0 Å². The SMILES string of the molecule is [Al+3].[F-].[F-].[F-].[F-].[F-].[F-].[F-].[F-].[F-].[Ga+3].[In+3]. The third kappa shape index (κ3) is 623. The summed E-state index contributed by atoms with van der Waals surface area (Å²) in [6.45, 7) is 0. The molecule has 0 rings (SSSR count). The first kappa shape index (κ1) is 1040. The average molecular weight is 383 g/mol. The van der Waals surface area contributed by atoms with Crippen molar-refractivity contribution >= 4 is 63.0 Å². The second kappa shape index (κ2) is 814. The molecule has 0 fully saturated rings. The van der Waals surface area contributed by atoms with Crippen LogP contribution in [-0.4, -0.2) is 63.0 Å². The van der Waals surface area contributed by atoms with Gasteiger partial charge in [-0.25, -0.2) is 0 Å². The van der Waals surface area contributed by atoms with Crippen LogP contribution in [0.15, 0.2) is 0 Å². The minimum absolute atomic E-state index is 0. The minimum atomic E-state index is 0. The Balaban J connectivity index is 0. The van der Waals surface area contributed by atoms with E-state index in [2.05, 4.69) is 0 Å². The standard InChI is InChI=1S/Al.9FH.Ga.In/h;9*1H;;/q+3;;;;;;;;;;2*+3/p-9. The van der Waals surface area contributed by atoms with Crippen LogP contribution in [0.3, 0.4) is 0 Å². The Labute approximate surface area is 105 Å². The Morgan fingerprint density at radius 2 is 0.333 bits per heavy atom. The van der Waals surface area contributed by atoms with Gasteiger partial charge in [-0.1, -0.05) is 0 Å². The fourth-order valence-electron chi connectivity index (χ4n) is 0. The van der Waals surface area contributed by atoms with E-state index in [1.807, 2.05) is 0 Å². The Morgan fingerprint density at radius 3 is 0.333 bits per heavy atom. The van der Waals surface area contributed by atoms with Crippen LogP contribution in [0.1, 0.15) is 0 Å². The van der Waals surface area contributed by atoms with Gasteiger partial charge in [0.15, 0.2) is 0 Å². The van der Waals surface area contributed by atoms with Crippen LogP contribution in [0.25, 0.3) is 0 Å². The molecular weight excluding hydrogens is 383 g/mol. The molecule has 0 N–H and O–H groups in total. The van der Waals surface area contributed by atoms with Gasteiger partial charge in [0.2, 0.25) is 0 Å². The Kier molecular flexibility index (Phi) is 70500. The van der Waals surface area contributed by atoms with Crippen LogP contribution >= 0.6 is 0 Å². The molecule has 0 bridgehead atoms. The van der Waals surface area contributed by atoms with E-state index < -0.39 is 0 Å². The van der Waals surface area contributed by atoms with Crippen molar-refractivity contribution in [2.75, 3.05) is 0 Å². The van der Waals surface area contributed by atoms with Gasteiger partial charge in [0.1, 0.15) is 0 Å². The van der Waals surface area contributed by atoms with E-state index in [-0.39, 0.29) is 105 Å². The molecule has 0 saturated heterocycles. The first-order valence-electron chi connectivity index (χ1n) is 0. The van der Waals surface area contributed by atoms with Gasteiger partial charge in [0, 0.05) is 0 Å². The summed E-state index contributed by atoms with van der Waals surface area (Å²) in [4.78, 5) is 0. The second-order valence-corrected chi connectivity index (χ2v) is 0. The van der Waals surface area contributed by atoms with Crippen LogP contribution < -0.4 is 42.3 Å². The van der Waals surface area contributed by atoms with E-state index in [9.17, 15) is 0 Å². The monoisotopic (exact) mass is 382 g/mol. The van der Waals surface area contributed by atoms with Crippen molar-refractivity contribution in [2.45, 2.75) is 0 Å². The van der Waals surface area contributed by atoms with Crippen molar-refractivity contribution in [3.8, 4) is 0 Å². The maximum absolute atomic E-state index is 0. The molecule has 0 spiro atoms. The molecule has 0 radical (unpaired) electrons. The van der Waals surface area contributed by atoms with Crippen LogP contribution in [0.2, 0.25) is 0 Å². The summed E-state index contributed by atoms with van der Waals surface area (Å²) in [6.07, 6.45) is 0. The number of hydrogen-bond donors (Lipinski definition) is 0. The first-order valence-corrected chi connectivity index (χ1v) is 0. The van der Waals surface area contributed by atoms with Gasteiger partial charge in [-0.05, 0) is 0 Å². The van der Waals surface area contributed by atoms with Gasteiger partial charge in [-0.3, -0.25) is 0 Å². The molecule has 12 heavy (non-hydrogen) atoms. The quantitative estimate of drug-likeness (QED) is 0.288. The maximum Gasteiger partial charge on any atom is 3.00 e. The zero-order valence-electron chi connectivity index (χ0n) is 5.13. The van der Waals surface area contributed by atoms with Crippen LogP contribution in [0.5, 0.6) is 0 Å². The van der Waals surface area contributed by atoms with Crippen molar-refractivity contribution in [1.82, 2.24) is 0 Å². The van der Waals surface area contributed by atoms with Crippen molar-refractivity contribution in [3.63, 3.8) is 0 Å². The van der Waals surface area contributed by atoms with E-state index in [1.165, 1.54) is 0 Å². The van der Waals surface area contributed by atoms with Gasteiger partial charge >= 0.3 is 63.0 Å². The zero-order valence-corrected chi connectivity index (χ0v) is 12.0. The van der Waals surface area contributed by atoms with Crippen molar-refractivity contribution in [3.05, 3.63) is 0 Å². The molecule has 0 aromatic carbocycles. The number of halogens is 9. The summed E-state index contributed by atoms with van der Waals surface area (Å²) in [5, 5.41) is 0. The summed E-state index contributed by atoms with van der Waals surface area (Å²) in [5.41, 5.74) is 0. The largest absolute Gasteiger partial charge is 3.00 e. The fraction of sp³-hybridized carbons (Fsp3) is 0. The van der Waals surface area contributed by atoms with Crippen LogP contribution in [0.4, 0.5) is 0 Å². The van der Waals surface area contributed by atoms with E-state index in [1.54, 1.807) is 0 Å². The van der Waals surface area contributed by atoms with Crippen LogP contribution in [0, 0.1) is 0 Å². The average Bonchev–Trinajstić information content (AvgIpc) is 0. The smallest absolute Gasteiger partial charge is 1.00 e. The number of rotatable bonds is 0. The number of hydrogen-bond acceptors (Lipinski definition) is 0. The van der Waals surface area contributed by atoms with E-state index >= 15 is 0 Å². The summed E-state index contributed by atoms with van der Waals surface area (Å²) >= 11 is 0. The summed E-state index contributed by atoms with van der Waals surface area (Å²) in [6, 6.07) is 0. The predicted molar refractivity (Wildman–Crippen MR) is 17.3 cm³/mol. The summed E-state index contributed by atoms with van der Waals surface area (Å²) in [7, 11) is 0. The van der Waals surface area contributed by atoms with Gasteiger partial charge in [0.25, 0.3) is 0 Å². The van der Waals surface area contributed by atoms with Gasteiger partial charge < -0.3 is 42.3 Å². The molecule has 0 aromatic rings. The van der Waals surface area contributed by atoms with Crippen molar-refractivity contribution in [1.29, 1.82) is 0 Å². The molecule has 0 amide bonds. The third-order valence-electron chi connectivity index (χ3n) is 0. The van der Waals surface area contributed by atoms with Crippen molar-refractivity contribution in [2.24, 2.45) is 0 Å². The minimum Gasteiger partial charge on any atom is -1.00 e. The van der Waals surface area contributed by atoms with Gasteiger partial charge in [-0.15, -0.1) is 0 Å². The molecule has 12 heteroatoms. The predicted octanol–water partition coefficient (Wildman–Crippen LogP) is -28.1. The zero-order chi connectivity index (χ0) is 0. The molecule has 0 aromatic heterocycles. The molecular formula is AlF9GaIn. The van der Waals surface area contributed by atoms with Gasteiger partial charge in [-0.2, -0.15) is 0 Å². The molecule has 0 heterocycles. The third-order valence-corrected chi connectivity index (χ3v) is 0. The molecule has 0 atom stereocenters. The second-order valence-electron chi connectivity index (χ2n) is 0. The topological polar surface area (TPSA) is 0 Å². The first-order chi connectivity index (χ1) is 0. The van der Waals surface area contributed by atoms with E-state index in [0.717, 1.165) is 0 Å². The molecule has 0 aliphatic heterocycles. The molecule has 0 aliphatic rings. The molecule has 0 saturated carbocycles. The Bertz CT molecular complexity index is 14.5. The summed E-state index contributed by atoms with van der Waals surface area (Å²) in [5.74, 6) is 0.